The fourth-order valence-electron chi connectivity index (χ4n) is 2.49. The fraction of sp³-hybridized carbons (Fsp3) is 0.538. The number of rotatable bonds is 4. The molecular formula is C13H18FNO4S2. The molecule has 0 amide bonds. The maximum Gasteiger partial charge on any atom is 0.332 e. The molecule has 1 aliphatic rings. The third kappa shape index (κ3) is 3.61. The van der Waals surface area contributed by atoms with E-state index in [9.17, 15) is 20.7 Å². The van der Waals surface area contributed by atoms with Crippen molar-refractivity contribution in [3.05, 3.63) is 24.3 Å². The molecule has 0 spiro atoms. The van der Waals surface area contributed by atoms with E-state index in [-0.39, 0.29) is 4.90 Å². The summed E-state index contributed by atoms with van der Waals surface area (Å²) in [5.74, 6) is 0.522. The second-order valence-corrected chi connectivity index (χ2v) is 8.45. The number of piperidine rings is 1. The number of halogens is 1. The van der Waals surface area contributed by atoms with Gasteiger partial charge in [-0.25, -0.2) is 8.42 Å². The highest BCUT2D eigenvalue weighted by Crippen LogP contribution is 2.26. The number of hydrogen-bond donors (Lipinski definition) is 0. The Labute approximate surface area is 125 Å². The van der Waals surface area contributed by atoms with Crippen molar-refractivity contribution >= 4 is 20.2 Å². The van der Waals surface area contributed by atoms with Crippen molar-refractivity contribution in [3.8, 4) is 0 Å². The Morgan fingerprint density at radius 1 is 1.14 bits per heavy atom. The van der Waals surface area contributed by atoms with E-state index >= 15 is 0 Å². The van der Waals surface area contributed by atoms with E-state index in [2.05, 4.69) is 6.92 Å². The molecule has 0 N–H and O–H groups in total. The number of benzene rings is 1. The monoisotopic (exact) mass is 335 g/mol. The normalized spacial score (nSPS) is 18.8. The second-order valence-electron chi connectivity index (χ2n) is 5.17. The lowest BCUT2D eigenvalue weighted by Crippen LogP contribution is -2.38. The van der Waals surface area contributed by atoms with Crippen LogP contribution in [0.4, 0.5) is 3.89 Å². The molecule has 118 valence electrons. The van der Waals surface area contributed by atoms with Gasteiger partial charge in [0.25, 0.3) is 0 Å². The van der Waals surface area contributed by atoms with E-state index in [0.29, 0.717) is 19.0 Å². The molecule has 8 heteroatoms. The maximum atomic E-state index is 13.0. The van der Waals surface area contributed by atoms with Gasteiger partial charge in [-0.05, 0) is 37.0 Å². The zero-order valence-electron chi connectivity index (χ0n) is 11.7. The molecule has 1 heterocycles. The third-order valence-electron chi connectivity index (χ3n) is 3.88. The van der Waals surface area contributed by atoms with Crippen LogP contribution in [0.3, 0.4) is 0 Å². The number of nitrogens with zero attached hydrogens (tertiary/aromatic N) is 1. The van der Waals surface area contributed by atoms with Crippen molar-refractivity contribution in [2.75, 3.05) is 13.1 Å². The summed E-state index contributed by atoms with van der Waals surface area (Å²) >= 11 is 0. The van der Waals surface area contributed by atoms with Crippen molar-refractivity contribution in [2.24, 2.45) is 5.92 Å². The standard InChI is InChI=1S/C13H18FNO4S2/c1-2-11-6-8-15(9-7-11)21(18,19)13-5-3-4-12(10-13)20(14,16)17/h3-5,10-11H,2,6-9H2,1H3. The summed E-state index contributed by atoms with van der Waals surface area (Å²) in [6.07, 6.45) is 2.59. The van der Waals surface area contributed by atoms with Crippen LogP contribution in [0.25, 0.3) is 0 Å². The van der Waals surface area contributed by atoms with E-state index in [0.717, 1.165) is 31.4 Å². The smallest absolute Gasteiger partial charge is 0.207 e. The Morgan fingerprint density at radius 2 is 1.71 bits per heavy atom. The van der Waals surface area contributed by atoms with Crippen molar-refractivity contribution in [2.45, 2.75) is 36.0 Å². The van der Waals surface area contributed by atoms with Crippen LogP contribution in [0.15, 0.2) is 34.1 Å². The minimum atomic E-state index is -4.91. The Balaban J connectivity index is 2.29. The maximum absolute atomic E-state index is 13.0. The van der Waals surface area contributed by atoms with Crippen molar-refractivity contribution in [1.29, 1.82) is 0 Å². The minimum Gasteiger partial charge on any atom is -0.207 e. The average molecular weight is 335 g/mol. The first-order valence-corrected chi connectivity index (χ1v) is 9.62. The molecule has 5 nitrogen and oxygen atoms in total. The highest BCUT2D eigenvalue weighted by atomic mass is 32.3. The Hall–Kier alpha value is -0.990. The van der Waals surface area contributed by atoms with Gasteiger partial charge in [0.1, 0.15) is 0 Å². The van der Waals surface area contributed by atoms with Crippen LogP contribution in [-0.2, 0) is 20.2 Å². The molecule has 1 aliphatic heterocycles. The van der Waals surface area contributed by atoms with E-state index in [4.69, 9.17) is 0 Å². The van der Waals surface area contributed by atoms with Crippen molar-refractivity contribution in [3.63, 3.8) is 0 Å². The molecule has 0 radical (unpaired) electrons. The molecule has 21 heavy (non-hydrogen) atoms. The van der Waals surface area contributed by atoms with Crippen molar-refractivity contribution < 1.29 is 20.7 Å². The van der Waals surface area contributed by atoms with Gasteiger partial charge in [0.05, 0.1) is 9.79 Å². The van der Waals surface area contributed by atoms with Gasteiger partial charge < -0.3 is 0 Å². The molecule has 2 rings (SSSR count). The molecule has 1 fully saturated rings. The highest BCUT2D eigenvalue weighted by Gasteiger charge is 2.29. The highest BCUT2D eigenvalue weighted by molar-refractivity contribution is 7.89. The molecule has 0 aliphatic carbocycles. The van der Waals surface area contributed by atoms with Gasteiger partial charge in [-0.15, -0.1) is 3.89 Å². The van der Waals surface area contributed by atoms with Gasteiger partial charge in [-0.2, -0.15) is 12.7 Å². The lowest BCUT2D eigenvalue weighted by molar-refractivity contribution is 0.269. The van der Waals surface area contributed by atoms with Gasteiger partial charge in [-0.1, -0.05) is 19.4 Å². The zero-order valence-corrected chi connectivity index (χ0v) is 13.3. The van der Waals surface area contributed by atoms with E-state index in [1.165, 1.54) is 16.4 Å². The van der Waals surface area contributed by atoms with Gasteiger partial charge >= 0.3 is 10.2 Å². The van der Waals surface area contributed by atoms with Crippen LogP contribution in [0.1, 0.15) is 26.2 Å². The fourth-order valence-corrected chi connectivity index (χ4v) is 4.59. The van der Waals surface area contributed by atoms with Gasteiger partial charge in [-0.3, -0.25) is 0 Å². The first-order chi connectivity index (χ1) is 9.75. The first-order valence-electron chi connectivity index (χ1n) is 6.80. The molecule has 1 aromatic rings. The lowest BCUT2D eigenvalue weighted by Gasteiger charge is -2.30. The molecule has 0 bridgehead atoms. The van der Waals surface area contributed by atoms with Gasteiger partial charge in [0.2, 0.25) is 10.0 Å². The average Bonchev–Trinajstić information content (AvgIpc) is 2.46. The predicted molar refractivity (Wildman–Crippen MR) is 76.5 cm³/mol. The molecule has 1 saturated heterocycles. The van der Waals surface area contributed by atoms with Crippen LogP contribution in [0.2, 0.25) is 0 Å². The van der Waals surface area contributed by atoms with Crippen LogP contribution < -0.4 is 0 Å². The van der Waals surface area contributed by atoms with E-state index in [1.54, 1.807) is 0 Å². The predicted octanol–water partition coefficient (Wildman–Crippen LogP) is 2.16. The zero-order chi connectivity index (χ0) is 15.7. The van der Waals surface area contributed by atoms with Gasteiger partial charge in [0.15, 0.2) is 0 Å². The molecule has 0 unspecified atom stereocenters. The lowest BCUT2D eigenvalue weighted by atomic mass is 9.96. The molecule has 0 aromatic heterocycles. The molecule has 0 saturated carbocycles. The quantitative estimate of drug-likeness (QED) is 0.791. The van der Waals surface area contributed by atoms with E-state index in [1.807, 2.05) is 0 Å². The summed E-state index contributed by atoms with van der Waals surface area (Å²) < 4.78 is 61.1. The Kier molecular flexibility index (Phi) is 4.69. The molecule has 1 aromatic carbocycles. The SMILES string of the molecule is CCC1CCN(S(=O)(=O)c2cccc(S(=O)(=O)F)c2)CC1. The van der Waals surface area contributed by atoms with Crippen LogP contribution in [0, 0.1) is 5.92 Å². The summed E-state index contributed by atoms with van der Waals surface area (Å²) in [6.45, 7) is 2.89. The van der Waals surface area contributed by atoms with E-state index < -0.39 is 25.1 Å². The summed E-state index contributed by atoms with van der Waals surface area (Å²) in [7, 11) is -8.69. The number of hydrogen-bond acceptors (Lipinski definition) is 4. The van der Waals surface area contributed by atoms with Crippen molar-refractivity contribution in [1.82, 2.24) is 4.31 Å². The third-order valence-corrected chi connectivity index (χ3v) is 6.59. The summed E-state index contributed by atoms with van der Waals surface area (Å²) in [5.41, 5.74) is 0. The van der Waals surface area contributed by atoms with Crippen LogP contribution in [-0.4, -0.2) is 34.2 Å². The van der Waals surface area contributed by atoms with Gasteiger partial charge in [0, 0.05) is 13.1 Å². The summed E-state index contributed by atoms with van der Waals surface area (Å²) in [6, 6.07) is 4.43. The summed E-state index contributed by atoms with van der Waals surface area (Å²) in [5, 5.41) is 0. The Bertz CT molecular complexity index is 707. The van der Waals surface area contributed by atoms with Crippen LogP contribution >= 0.6 is 0 Å². The van der Waals surface area contributed by atoms with Crippen LogP contribution in [0.5, 0.6) is 0 Å². The Morgan fingerprint density at radius 3 is 2.24 bits per heavy atom. The largest absolute Gasteiger partial charge is 0.332 e. The number of sulfonamides is 1. The molecule has 0 atom stereocenters. The first kappa shape index (κ1) is 16.4. The minimum absolute atomic E-state index is 0.184. The second kappa shape index (κ2) is 6.02. The topological polar surface area (TPSA) is 71.5 Å². The summed E-state index contributed by atoms with van der Waals surface area (Å²) in [4.78, 5) is -0.816. The molecular weight excluding hydrogens is 317 g/mol.